The Morgan fingerprint density at radius 1 is 1.18 bits per heavy atom. The van der Waals surface area contributed by atoms with Crippen molar-refractivity contribution in [2.45, 2.75) is 58.5 Å². The molecule has 33 heavy (non-hydrogen) atoms. The van der Waals surface area contributed by atoms with Crippen LogP contribution in [-0.4, -0.2) is 41.6 Å². The van der Waals surface area contributed by atoms with Crippen molar-refractivity contribution in [3.63, 3.8) is 0 Å². The van der Waals surface area contributed by atoms with Crippen LogP contribution in [0.25, 0.3) is 0 Å². The van der Waals surface area contributed by atoms with E-state index >= 15 is 0 Å². The van der Waals surface area contributed by atoms with Crippen LogP contribution in [0.4, 0.5) is 0 Å². The number of carbonyl (C=O) groups excluding carboxylic acids is 3. The Kier molecular flexibility index (Phi) is 10.4. The monoisotopic (exact) mass is 511 g/mol. The Hall–Kier alpha value is -1.93. The molecule has 0 atom stereocenters. The van der Waals surface area contributed by atoms with Gasteiger partial charge in [-0.3, -0.25) is 19.3 Å². The summed E-state index contributed by atoms with van der Waals surface area (Å²) in [5.74, 6) is -0.344. The fraction of sp³-hybridized carbons (Fsp3) is 0.458. The summed E-state index contributed by atoms with van der Waals surface area (Å²) in [6.45, 7) is 6.26. The normalized spacial score (nSPS) is 13.3. The summed E-state index contributed by atoms with van der Waals surface area (Å²) in [6, 6.07) is 7.37. The molecule has 0 spiro atoms. The number of nitrogens with zero attached hydrogens (tertiary/aromatic N) is 1. The molecule has 180 valence electrons. The molecule has 0 saturated carbocycles. The second kappa shape index (κ2) is 12.5. The van der Waals surface area contributed by atoms with E-state index in [-0.39, 0.29) is 36.6 Å². The summed E-state index contributed by atoms with van der Waals surface area (Å²) >= 11 is 7.43. The number of hydrogen-bond acceptors (Lipinski definition) is 5. The molecule has 1 aromatic heterocycles. The van der Waals surface area contributed by atoms with E-state index in [1.807, 2.05) is 26.0 Å². The molecule has 9 heteroatoms. The molecule has 1 aromatic carbocycles. The molecule has 0 aliphatic carbocycles. The number of benzene rings is 1. The summed E-state index contributed by atoms with van der Waals surface area (Å²) < 4.78 is 0. The van der Waals surface area contributed by atoms with E-state index in [2.05, 4.69) is 10.2 Å². The summed E-state index contributed by atoms with van der Waals surface area (Å²) in [5.41, 5.74) is 8.12. The van der Waals surface area contributed by atoms with Crippen LogP contribution >= 0.6 is 35.3 Å². The number of Topliss-reactive ketones (excluding diaryl/α,β-unsaturated/α-hetero) is 1. The van der Waals surface area contributed by atoms with E-state index in [4.69, 9.17) is 17.3 Å². The van der Waals surface area contributed by atoms with Gasteiger partial charge in [-0.05, 0) is 56.5 Å². The molecule has 2 heterocycles. The smallest absolute Gasteiger partial charge is 0.250 e. The quantitative estimate of drug-likeness (QED) is 0.505. The van der Waals surface area contributed by atoms with E-state index in [1.54, 1.807) is 12.1 Å². The Balaban J connectivity index is 0.00000385. The van der Waals surface area contributed by atoms with Crippen molar-refractivity contribution in [3.8, 4) is 0 Å². The average molecular weight is 513 g/mol. The molecule has 2 aromatic rings. The predicted octanol–water partition coefficient (Wildman–Crippen LogP) is 3.94. The van der Waals surface area contributed by atoms with E-state index in [9.17, 15) is 14.4 Å². The zero-order valence-electron chi connectivity index (χ0n) is 19.0. The maximum absolute atomic E-state index is 12.7. The largest absolute Gasteiger partial charge is 0.366 e. The number of nitrogens with one attached hydrogen (secondary N) is 1. The topological polar surface area (TPSA) is 92.5 Å². The number of primary amides is 1. The number of ketones is 1. The number of hydrogen-bond donors (Lipinski definition) is 2. The van der Waals surface area contributed by atoms with Crippen LogP contribution in [0.15, 0.2) is 24.3 Å². The molecule has 0 unspecified atom stereocenters. The highest BCUT2D eigenvalue weighted by atomic mass is 35.5. The molecule has 0 fully saturated rings. The summed E-state index contributed by atoms with van der Waals surface area (Å²) in [6.07, 6.45) is 2.52. The maximum atomic E-state index is 12.7. The predicted molar refractivity (Wildman–Crippen MR) is 135 cm³/mol. The highest BCUT2D eigenvalue weighted by Crippen LogP contribution is 2.34. The maximum Gasteiger partial charge on any atom is 0.250 e. The summed E-state index contributed by atoms with van der Waals surface area (Å²) in [7, 11) is 0. The van der Waals surface area contributed by atoms with Crippen LogP contribution in [0.5, 0.6) is 0 Å². The fourth-order valence-electron chi connectivity index (χ4n) is 4.04. The van der Waals surface area contributed by atoms with Crippen molar-refractivity contribution >= 4 is 52.9 Å². The zero-order valence-corrected chi connectivity index (χ0v) is 21.4. The first kappa shape index (κ1) is 27.3. The fourth-order valence-corrected chi connectivity index (χ4v) is 5.60. The third-order valence-electron chi connectivity index (χ3n) is 5.46. The van der Waals surface area contributed by atoms with Gasteiger partial charge in [0.1, 0.15) is 5.78 Å². The van der Waals surface area contributed by atoms with Crippen LogP contribution in [-0.2, 0) is 35.4 Å². The van der Waals surface area contributed by atoms with Crippen LogP contribution < -0.4 is 11.1 Å². The molecular weight excluding hydrogens is 481 g/mol. The van der Waals surface area contributed by atoms with E-state index in [0.717, 1.165) is 53.4 Å². The number of carbonyl (C=O) groups is 3. The van der Waals surface area contributed by atoms with Crippen LogP contribution in [0, 0.1) is 0 Å². The van der Waals surface area contributed by atoms with Crippen molar-refractivity contribution < 1.29 is 14.4 Å². The molecule has 0 radical (unpaired) electrons. The first-order valence-corrected chi connectivity index (χ1v) is 12.1. The molecule has 1 aliphatic rings. The SMILES string of the molecule is CC(C)NC(=O)CCCN1CCc2c(sc(CC(=O)Cc3ccc(Cl)cc3)c2C(N)=O)C1.Cl. The van der Waals surface area contributed by atoms with Crippen LogP contribution in [0.1, 0.15) is 57.9 Å². The number of rotatable bonds is 10. The minimum absolute atomic E-state index is 0. The lowest BCUT2D eigenvalue weighted by Gasteiger charge is -2.27. The summed E-state index contributed by atoms with van der Waals surface area (Å²) in [5, 5.41) is 3.54. The Morgan fingerprint density at radius 2 is 1.88 bits per heavy atom. The third kappa shape index (κ3) is 7.81. The third-order valence-corrected chi connectivity index (χ3v) is 6.92. The molecule has 0 bridgehead atoms. The van der Waals surface area contributed by atoms with E-state index in [0.29, 0.717) is 23.4 Å². The average Bonchev–Trinajstić information content (AvgIpc) is 3.06. The number of fused-ring (bicyclic) bond motifs is 1. The van der Waals surface area contributed by atoms with Gasteiger partial charge in [-0.2, -0.15) is 0 Å². The van der Waals surface area contributed by atoms with Gasteiger partial charge in [0.05, 0.1) is 5.56 Å². The molecule has 6 nitrogen and oxygen atoms in total. The van der Waals surface area contributed by atoms with Gasteiger partial charge in [0.15, 0.2) is 0 Å². The molecule has 1 aliphatic heterocycles. The minimum atomic E-state index is -0.462. The standard InChI is InChI=1S/C24H30ClN3O3S.ClH/c1-15(2)27-22(30)4-3-10-28-11-9-19-21(14-28)32-20(23(19)24(26)31)13-18(29)12-16-5-7-17(25)8-6-16;/h5-8,15H,3-4,9-14H2,1-2H3,(H2,26,31)(H,27,30);1H. The van der Waals surface area contributed by atoms with Crippen LogP contribution in [0.2, 0.25) is 5.02 Å². The molecule has 2 amide bonds. The number of nitrogens with two attached hydrogens (primary N) is 1. The first-order chi connectivity index (χ1) is 15.2. The van der Waals surface area contributed by atoms with Crippen molar-refractivity contribution in [3.05, 3.63) is 55.7 Å². The Morgan fingerprint density at radius 3 is 2.52 bits per heavy atom. The van der Waals surface area contributed by atoms with Gasteiger partial charge < -0.3 is 11.1 Å². The molecule has 0 saturated heterocycles. The lowest BCUT2D eigenvalue weighted by Crippen LogP contribution is -2.33. The van der Waals surface area contributed by atoms with Gasteiger partial charge in [-0.15, -0.1) is 23.7 Å². The van der Waals surface area contributed by atoms with Gasteiger partial charge in [-0.25, -0.2) is 0 Å². The first-order valence-electron chi connectivity index (χ1n) is 10.9. The number of thiophene rings is 1. The lowest BCUT2D eigenvalue weighted by molar-refractivity contribution is -0.121. The zero-order chi connectivity index (χ0) is 23.3. The van der Waals surface area contributed by atoms with E-state index < -0.39 is 5.91 Å². The Labute approximate surface area is 210 Å². The van der Waals surface area contributed by atoms with Crippen molar-refractivity contribution in [2.24, 2.45) is 5.73 Å². The highest BCUT2D eigenvalue weighted by Gasteiger charge is 2.27. The highest BCUT2D eigenvalue weighted by molar-refractivity contribution is 7.12. The van der Waals surface area contributed by atoms with Gasteiger partial charge in [0.2, 0.25) is 11.8 Å². The number of halogens is 2. The van der Waals surface area contributed by atoms with Crippen molar-refractivity contribution in [1.82, 2.24) is 10.2 Å². The number of amides is 2. The Bertz CT molecular complexity index is 990. The van der Waals surface area contributed by atoms with Crippen molar-refractivity contribution in [1.29, 1.82) is 0 Å². The molecular formula is C24H31Cl2N3O3S. The molecule has 3 rings (SSSR count). The van der Waals surface area contributed by atoms with Gasteiger partial charge in [0, 0.05) is 53.2 Å². The second-order valence-electron chi connectivity index (χ2n) is 8.54. The second-order valence-corrected chi connectivity index (χ2v) is 10.2. The van der Waals surface area contributed by atoms with Gasteiger partial charge in [0.25, 0.3) is 0 Å². The molecule has 3 N–H and O–H groups in total. The van der Waals surface area contributed by atoms with Crippen molar-refractivity contribution in [2.75, 3.05) is 13.1 Å². The minimum Gasteiger partial charge on any atom is -0.366 e. The lowest BCUT2D eigenvalue weighted by atomic mass is 9.98. The van der Waals surface area contributed by atoms with Gasteiger partial charge in [-0.1, -0.05) is 23.7 Å². The van der Waals surface area contributed by atoms with Gasteiger partial charge >= 0.3 is 0 Å². The van der Waals surface area contributed by atoms with E-state index in [1.165, 1.54) is 11.3 Å². The van der Waals surface area contributed by atoms with Crippen LogP contribution in [0.3, 0.4) is 0 Å². The summed E-state index contributed by atoms with van der Waals surface area (Å²) in [4.78, 5) is 40.9.